The molecule has 0 saturated carbocycles. The lowest BCUT2D eigenvalue weighted by atomic mass is 10.0. The van der Waals surface area contributed by atoms with Crippen LogP contribution in [-0.2, 0) is 0 Å². The topological polar surface area (TPSA) is 58.2 Å². The van der Waals surface area contributed by atoms with Crippen LogP contribution in [0, 0.1) is 0 Å². The van der Waals surface area contributed by atoms with Crippen molar-refractivity contribution in [2.24, 2.45) is 0 Å². The maximum atomic E-state index is 12.8. The van der Waals surface area contributed by atoms with Gasteiger partial charge in [0.25, 0.3) is 11.8 Å². The molecule has 7 heteroatoms. The van der Waals surface area contributed by atoms with Gasteiger partial charge in [0.05, 0.1) is 9.75 Å². The third-order valence-electron chi connectivity index (χ3n) is 11.4. The number of carbonyl (C=O) groups is 2. The number of rotatable bonds is 38. The number of unbranched alkanes of at least 4 members (excludes halogenated alkanes) is 30. The van der Waals surface area contributed by atoms with Gasteiger partial charge in [-0.15, -0.1) is 34.0 Å². The third-order valence-corrected chi connectivity index (χ3v) is 15.0. The Kier molecular flexibility index (Phi) is 29.3. The highest BCUT2D eigenvalue weighted by Crippen LogP contribution is 2.40. The summed E-state index contributed by atoms with van der Waals surface area (Å²) < 4.78 is 0. The number of thiophene rings is 3. The Balaban J connectivity index is 1.17. The Bertz CT molecular complexity index is 1300. The maximum Gasteiger partial charge on any atom is 0.261 e. The van der Waals surface area contributed by atoms with Crippen molar-refractivity contribution in [3.05, 3.63) is 46.2 Å². The molecule has 322 valence electrons. The molecular weight excluding hydrogens is 757 g/mol. The van der Waals surface area contributed by atoms with Crippen LogP contribution in [0.2, 0.25) is 0 Å². The first kappa shape index (κ1) is 49.4. The molecule has 0 atom stereocenters. The van der Waals surface area contributed by atoms with E-state index in [1.165, 1.54) is 193 Å². The third kappa shape index (κ3) is 23.4. The molecule has 3 aromatic heterocycles. The molecule has 4 nitrogen and oxygen atoms in total. The van der Waals surface area contributed by atoms with E-state index in [0.29, 0.717) is 0 Å². The Hall–Kier alpha value is -1.96. The van der Waals surface area contributed by atoms with Crippen molar-refractivity contribution in [3.8, 4) is 19.5 Å². The zero-order chi connectivity index (χ0) is 40.4. The highest BCUT2D eigenvalue weighted by atomic mass is 32.1. The predicted molar refractivity (Wildman–Crippen MR) is 255 cm³/mol. The maximum absolute atomic E-state index is 12.8. The Labute approximate surface area is 362 Å². The SMILES string of the molecule is CCCCCCCCCCCCCCCCCCNC(=O)c1ccc(-c2ccc(-c3ccc(C(=O)NCCCCCCCCCCCCCCCCCC)s3)s2)s1. The van der Waals surface area contributed by atoms with Crippen LogP contribution in [0.1, 0.15) is 239 Å². The van der Waals surface area contributed by atoms with Gasteiger partial charge in [-0.05, 0) is 49.2 Å². The first-order valence-electron chi connectivity index (χ1n) is 24.0. The summed E-state index contributed by atoms with van der Waals surface area (Å²) in [5.41, 5.74) is 0. The van der Waals surface area contributed by atoms with Gasteiger partial charge in [-0.25, -0.2) is 0 Å². The molecule has 0 bridgehead atoms. The van der Waals surface area contributed by atoms with E-state index in [9.17, 15) is 9.59 Å². The first-order chi connectivity index (χ1) is 28.1. The van der Waals surface area contributed by atoms with Crippen molar-refractivity contribution in [2.75, 3.05) is 13.1 Å². The Morgan fingerprint density at radius 2 is 0.561 bits per heavy atom. The molecule has 0 aliphatic rings. The van der Waals surface area contributed by atoms with Gasteiger partial charge in [0.2, 0.25) is 0 Å². The largest absolute Gasteiger partial charge is 0.351 e. The second kappa shape index (κ2) is 33.8. The number of hydrogen-bond acceptors (Lipinski definition) is 5. The Morgan fingerprint density at radius 1 is 0.333 bits per heavy atom. The highest BCUT2D eigenvalue weighted by Gasteiger charge is 2.15. The van der Waals surface area contributed by atoms with Crippen LogP contribution in [-0.4, -0.2) is 24.9 Å². The van der Waals surface area contributed by atoms with Crippen molar-refractivity contribution in [1.29, 1.82) is 0 Å². The van der Waals surface area contributed by atoms with Crippen molar-refractivity contribution in [2.45, 2.75) is 219 Å². The zero-order valence-corrected chi connectivity index (χ0v) is 39.0. The molecule has 3 rings (SSSR count). The molecule has 0 radical (unpaired) electrons. The smallest absolute Gasteiger partial charge is 0.261 e. The second-order valence-electron chi connectivity index (χ2n) is 16.6. The van der Waals surface area contributed by atoms with Crippen LogP contribution in [0.3, 0.4) is 0 Å². The molecule has 0 spiro atoms. The van der Waals surface area contributed by atoms with Crippen molar-refractivity contribution in [1.82, 2.24) is 10.6 Å². The lowest BCUT2D eigenvalue weighted by Crippen LogP contribution is -2.23. The quantitative estimate of drug-likeness (QED) is 0.0565. The van der Waals surface area contributed by atoms with Gasteiger partial charge in [-0.1, -0.05) is 206 Å². The fourth-order valence-electron chi connectivity index (χ4n) is 7.71. The van der Waals surface area contributed by atoms with E-state index in [2.05, 4.69) is 48.7 Å². The minimum absolute atomic E-state index is 0.0393. The molecule has 57 heavy (non-hydrogen) atoms. The van der Waals surface area contributed by atoms with Crippen molar-refractivity contribution >= 4 is 45.8 Å². The van der Waals surface area contributed by atoms with Crippen LogP contribution in [0.15, 0.2) is 36.4 Å². The summed E-state index contributed by atoms with van der Waals surface area (Å²) in [6, 6.07) is 12.3. The molecule has 0 fully saturated rings. The van der Waals surface area contributed by atoms with Gasteiger partial charge in [0.15, 0.2) is 0 Å². The predicted octanol–water partition coefficient (Wildman–Crippen LogP) is 17.2. The number of amides is 2. The van der Waals surface area contributed by atoms with Gasteiger partial charge in [0, 0.05) is 32.6 Å². The summed E-state index contributed by atoms with van der Waals surface area (Å²) >= 11 is 4.86. The van der Waals surface area contributed by atoms with Gasteiger partial charge >= 0.3 is 0 Å². The van der Waals surface area contributed by atoms with E-state index in [1.54, 1.807) is 34.0 Å². The van der Waals surface area contributed by atoms with Gasteiger partial charge in [-0.2, -0.15) is 0 Å². The number of hydrogen-bond donors (Lipinski definition) is 2. The van der Waals surface area contributed by atoms with Crippen LogP contribution in [0.5, 0.6) is 0 Å². The van der Waals surface area contributed by atoms with Crippen LogP contribution < -0.4 is 10.6 Å². The second-order valence-corrected chi connectivity index (χ2v) is 19.9. The molecule has 0 aliphatic heterocycles. The summed E-state index contributed by atoms with van der Waals surface area (Å²) in [6.07, 6.45) is 43.4. The summed E-state index contributed by atoms with van der Waals surface area (Å²) in [4.78, 5) is 31.8. The molecule has 0 aromatic carbocycles. The van der Waals surface area contributed by atoms with Crippen LogP contribution >= 0.6 is 34.0 Å². The van der Waals surface area contributed by atoms with E-state index < -0.39 is 0 Å². The van der Waals surface area contributed by atoms with Crippen LogP contribution in [0.4, 0.5) is 0 Å². The fraction of sp³-hybridized carbons (Fsp3) is 0.720. The van der Waals surface area contributed by atoms with E-state index in [-0.39, 0.29) is 11.8 Å². The molecular formula is C50H82N2O2S3. The standard InChI is InChI=1S/C50H82N2O2S3/c1-3-5-7-9-11-13-15-17-19-21-23-25-27-29-31-33-41-51-49(53)47-39-37-45(56-47)43-35-36-44(55-43)46-38-40-48(57-46)50(54)52-42-34-32-30-28-26-24-22-20-18-16-14-12-10-8-6-4-2/h35-40H,3-34,41-42H2,1-2H3,(H,51,53)(H,52,54). The fourth-order valence-corrected chi connectivity index (χ4v) is 10.7. The summed E-state index contributed by atoms with van der Waals surface area (Å²) in [6.45, 7) is 6.08. The van der Waals surface area contributed by atoms with E-state index in [1.807, 2.05) is 12.1 Å². The van der Waals surface area contributed by atoms with Crippen molar-refractivity contribution in [3.63, 3.8) is 0 Å². The van der Waals surface area contributed by atoms with Gasteiger partial charge in [0.1, 0.15) is 0 Å². The minimum atomic E-state index is 0.0393. The number of carbonyl (C=O) groups excluding carboxylic acids is 2. The van der Waals surface area contributed by atoms with E-state index in [0.717, 1.165) is 55.2 Å². The average molecular weight is 839 g/mol. The highest BCUT2D eigenvalue weighted by molar-refractivity contribution is 7.27. The summed E-state index contributed by atoms with van der Waals surface area (Å²) in [7, 11) is 0. The van der Waals surface area contributed by atoms with E-state index >= 15 is 0 Å². The number of nitrogens with one attached hydrogen (secondary N) is 2. The van der Waals surface area contributed by atoms with Gasteiger partial charge in [-0.3, -0.25) is 9.59 Å². The monoisotopic (exact) mass is 839 g/mol. The molecule has 3 aromatic rings. The summed E-state index contributed by atoms with van der Waals surface area (Å²) in [5, 5.41) is 6.28. The van der Waals surface area contributed by atoms with Gasteiger partial charge < -0.3 is 10.6 Å². The first-order valence-corrected chi connectivity index (χ1v) is 26.4. The molecule has 2 N–H and O–H groups in total. The lowest BCUT2D eigenvalue weighted by Gasteiger charge is -2.05. The molecule has 0 unspecified atom stereocenters. The Morgan fingerprint density at radius 3 is 0.842 bits per heavy atom. The molecule has 0 aliphatic carbocycles. The lowest BCUT2D eigenvalue weighted by molar-refractivity contribution is 0.0948. The van der Waals surface area contributed by atoms with Crippen molar-refractivity contribution < 1.29 is 9.59 Å². The zero-order valence-electron chi connectivity index (χ0n) is 36.5. The average Bonchev–Trinajstić information content (AvgIpc) is 4.02. The summed E-state index contributed by atoms with van der Waals surface area (Å²) in [5.74, 6) is 0.0787. The molecule has 0 saturated heterocycles. The minimum Gasteiger partial charge on any atom is -0.351 e. The normalized spacial score (nSPS) is 11.4. The van der Waals surface area contributed by atoms with Crippen LogP contribution in [0.25, 0.3) is 19.5 Å². The molecule has 3 heterocycles. The van der Waals surface area contributed by atoms with E-state index in [4.69, 9.17) is 0 Å². The molecule has 2 amide bonds.